The number of rotatable bonds is 1. The fraction of sp³-hybridized carbons (Fsp3) is 0.810. The Labute approximate surface area is 140 Å². The Hall–Kier alpha value is -0.760. The molecule has 4 aliphatic carbocycles. The van der Waals surface area contributed by atoms with Crippen LogP contribution in [-0.4, -0.2) is 19.3 Å². The van der Waals surface area contributed by atoms with Gasteiger partial charge in [0, 0.05) is 11.8 Å². The topological polar surface area (TPSA) is 21.8 Å². The third-order valence-corrected chi connectivity index (χ3v) is 8.78. The van der Waals surface area contributed by atoms with E-state index >= 15 is 0 Å². The molecule has 5 rings (SSSR count). The minimum absolute atomic E-state index is 0.281. The Morgan fingerprint density at radius 3 is 2.65 bits per heavy atom. The Bertz CT molecular complexity index is 599. The normalized spacial score (nSPS) is 53.8. The van der Waals surface area contributed by atoms with Gasteiger partial charge in [0.15, 0.2) is 0 Å². The summed E-state index contributed by atoms with van der Waals surface area (Å²) in [5, 5.41) is 0. The van der Waals surface area contributed by atoms with Crippen LogP contribution < -0.4 is 0 Å². The number of epoxide rings is 1. The van der Waals surface area contributed by atoms with Crippen molar-refractivity contribution in [3.05, 3.63) is 23.5 Å². The summed E-state index contributed by atoms with van der Waals surface area (Å²) < 4.78 is 11.6. The minimum Gasteiger partial charge on any atom is -0.501 e. The highest BCUT2D eigenvalue weighted by atomic mass is 16.6. The maximum Gasteiger partial charge on any atom is 0.0972 e. The quantitative estimate of drug-likeness (QED) is 0.645. The van der Waals surface area contributed by atoms with Crippen molar-refractivity contribution in [2.45, 2.75) is 64.4 Å². The Morgan fingerprint density at radius 1 is 1.13 bits per heavy atom. The van der Waals surface area contributed by atoms with Crippen molar-refractivity contribution in [2.75, 3.05) is 13.7 Å². The highest BCUT2D eigenvalue weighted by Gasteiger charge is 2.69. The number of hydrogen-bond acceptors (Lipinski definition) is 2. The molecule has 1 spiro atoms. The highest BCUT2D eigenvalue weighted by molar-refractivity contribution is 5.36. The van der Waals surface area contributed by atoms with Crippen LogP contribution in [0.2, 0.25) is 0 Å². The van der Waals surface area contributed by atoms with Crippen LogP contribution >= 0.6 is 0 Å². The SMILES string of the molecule is COC1=CC2=CC[C@H]3[C@H]4CC[C@@]5(CO5)[C@]4(C)CC[C@@H]3[C@@]2(C)CC1. The summed E-state index contributed by atoms with van der Waals surface area (Å²) in [4.78, 5) is 0. The first-order chi connectivity index (χ1) is 11.0. The van der Waals surface area contributed by atoms with E-state index in [9.17, 15) is 0 Å². The second-order valence-corrected chi connectivity index (χ2v) is 9.28. The van der Waals surface area contributed by atoms with E-state index in [0.717, 1.165) is 30.8 Å². The van der Waals surface area contributed by atoms with E-state index in [1.807, 2.05) is 7.11 Å². The lowest BCUT2D eigenvalue weighted by molar-refractivity contribution is -0.0446. The molecule has 0 unspecified atom stereocenters. The van der Waals surface area contributed by atoms with Crippen LogP contribution in [0.4, 0.5) is 0 Å². The van der Waals surface area contributed by atoms with Crippen LogP contribution in [0.5, 0.6) is 0 Å². The molecule has 3 fully saturated rings. The zero-order valence-electron chi connectivity index (χ0n) is 14.9. The zero-order valence-corrected chi connectivity index (χ0v) is 14.9. The van der Waals surface area contributed by atoms with Crippen molar-refractivity contribution in [1.29, 1.82) is 0 Å². The van der Waals surface area contributed by atoms with E-state index in [0.29, 0.717) is 10.8 Å². The van der Waals surface area contributed by atoms with Gasteiger partial charge in [-0.1, -0.05) is 19.9 Å². The number of ether oxygens (including phenoxy) is 2. The number of hydrogen-bond donors (Lipinski definition) is 0. The summed E-state index contributed by atoms with van der Waals surface area (Å²) in [7, 11) is 1.82. The van der Waals surface area contributed by atoms with Gasteiger partial charge in [-0.25, -0.2) is 0 Å². The minimum atomic E-state index is 0.281. The van der Waals surface area contributed by atoms with Crippen molar-refractivity contribution in [2.24, 2.45) is 28.6 Å². The molecular formula is C21H30O2. The lowest BCUT2D eigenvalue weighted by Gasteiger charge is -2.56. The van der Waals surface area contributed by atoms with Gasteiger partial charge in [0.2, 0.25) is 0 Å². The molecule has 1 aliphatic heterocycles. The third kappa shape index (κ3) is 1.69. The second-order valence-electron chi connectivity index (χ2n) is 9.28. The molecule has 126 valence electrons. The van der Waals surface area contributed by atoms with E-state index in [4.69, 9.17) is 9.47 Å². The molecule has 0 aromatic carbocycles. The Balaban J connectivity index is 1.51. The number of methoxy groups -OCH3 is 1. The second kappa shape index (κ2) is 4.45. The molecule has 0 N–H and O–H groups in total. The number of fused-ring (bicyclic) bond motifs is 6. The Morgan fingerprint density at radius 2 is 1.91 bits per heavy atom. The summed E-state index contributed by atoms with van der Waals surface area (Å²) in [6.07, 6.45) is 14.1. The summed E-state index contributed by atoms with van der Waals surface area (Å²) >= 11 is 0. The van der Waals surface area contributed by atoms with Gasteiger partial charge in [0.05, 0.1) is 25.1 Å². The Kier molecular flexibility index (Phi) is 2.82. The standard InChI is InChI=1S/C21H30O2/c1-19-9-6-15(22-3)12-14(19)4-5-16-17(19)7-10-20(2)18(16)8-11-21(20)13-23-21/h4,12,16-18H,5-11,13H2,1-3H3/t16-,17+,18-,19+,20-,21-/m1/s1. The van der Waals surface area contributed by atoms with Crippen LogP contribution in [-0.2, 0) is 9.47 Å². The molecule has 5 aliphatic rings. The first-order valence-electron chi connectivity index (χ1n) is 9.62. The predicted molar refractivity (Wildman–Crippen MR) is 90.9 cm³/mol. The van der Waals surface area contributed by atoms with Crippen molar-refractivity contribution in [1.82, 2.24) is 0 Å². The molecular weight excluding hydrogens is 284 g/mol. The maximum absolute atomic E-state index is 6.03. The van der Waals surface area contributed by atoms with Crippen molar-refractivity contribution in [3.8, 4) is 0 Å². The van der Waals surface area contributed by atoms with Gasteiger partial charge in [-0.15, -0.1) is 0 Å². The van der Waals surface area contributed by atoms with Crippen LogP contribution in [0.1, 0.15) is 58.8 Å². The average Bonchev–Trinajstić information content (AvgIpc) is 3.28. The first-order valence-corrected chi connectivity index (χ1v) is 9.62. The fourth-order valence-electron chi connectivity index (χ4n) is 7.11. The van der Waals surface area contributed by atoms with E-state index < -0.39 is 0 Å². The molecule has 0 aromatic rings. The lowest BCUT2D eigenvalue weighted by atomic mass is 9.48. The van der Waals surface area contributed by atoms with Gasteiger partial charge in [-0.05, 0) is 73.3 Å². The first kappa shape index (κ1) is 14.6. The molecule has 2 saturated carbocycles. The molecule has 2 heteroatoms. The molecule has 1 saturated heterocycles. The van der Waals surface area contributed by atoms with Crippen LogP contribution in [0.3, 0.4) is 0 Å². The molecule has 0 bridgehead atoms. The summed E-state index contributed by atoms with van der Waals surface area (Å²) in [5.74, 6) is 3.80. The lowest BCUT2D eigenvalue weighted by Crippen LogP contribution is -2.50. The van der Waals surface area contributed by atoms with Gasteiger partial charge in [-0.2, -0.15) is 0 Å². The maximum atomic E-state index is 6.03. The van der Waals surface area contributed by atoms with Crippen LogP contribution in [0.25, 0.3) is 0 Å². The van der Waals surface area contributed by atoms with Gasteiger partial charge >= 0.3 is 0 Å². The molecule has 0 amide bonds. The molecule has 1 heterocycles. The highest BCUT2D eigenvalue weighted by Crippen LogP contribution is 2.70. The van der Waals surface area contributed by atoms with E-state index in [1.165, 1.54) is 44.3 Å². The van der Waals surface area contributed by atoms with Crippen molar-refractivity contribution >= 4 is 0 Å². The van der Waals surface area contributed by atoms with Crippen molar-refractivity contribution < 1.29 is 9.47 Å². The predicted octanol–water partition coefficient (Wildman–Crippen LogP) is 4.86. The summed E-state index contributed by atoms with van der Waals surface area (Å²) in [6, 6.07) is 0. The molecule has 6 atom stereocenters. The van der Waals surface area contributed by atoms with Crippen molar-refractivity contribution in [3.63, 3.8) is 0 Å². The van der Waals surface area contributed by atoms with Crippen LogP contribution in [0.15, 0.2) is 23.5 Å². The largest absolute Gasteiger partial charge is 0.501 e. The van der Waals surface area contributed by atoms with Gasteiger partial charge in [-0.3, -0.25) is 0 Å². The van der Waals surface area contributed by atoms with E-state index in [-0.39, 0.29) is 5.60 Å². The third-order valence-electron chi connectivity index (χ3n) is 8.78. The zero-order chi connectivity index (χ0) is 15.9. The molecule has 23 heavy (non-hydrogen) atoms. The van der Waals surface area contributed by atoms with Gasteiger partial charge in [0.1, 0.15) is 0 Å². The van der Waals surface area contributed by atoms with Gasteiger partial charge < -0.3 is 9.47 Å². The monoisotopic (exact) mass is 314 g/mol. The smallest absolute Gasteiger partial charge is 0.0972 e. The van der Waals surface area contributed by atoms with Gasteiger partial charge in [0.25, 0.3) is 0 Å². The van der Waals surface area contributed by atoms with Crippen LogP contribution in [0, 0.1) is 28.6 Å². The molecule has 0 radical (unpaired) electrons. The molecule has 0 aromatic heterocycles. The van der Waals surface area contributed by atoms with E-state index in [2.05, 4.69) is 26.0 Å². The summed E-state index contributed by atoms with van der Waals surface area (Å²) in [5.41, 5.74) is 2.69. The fourth-order valence-corrected chi connectivity index (χ4v) is 7.11. The van der Waals surface area contributed by atoms with E-state index in [1.54, 1.807) is 5.57 Å². The summed E-state index contributed by atoms with van der Waals surface area (Å²) in [6.45, 7) is 6.13. The number of allylic oxidation sites excluding steroid dienone is 4. The molecule has 2 nitrogen and oxygen atoms in total. The average molecular weight is 314 g/mol.